The molecule has 0 heterocycles. The monoisotopic (exact) mass is 381 g/mol. The number of nitrogens with zero attached hydrogens (tertiary/aromatic N) is 1. The molecule has 12 heteroatoms. The van der Waals surface area contributed by atoms with Crippen molar-refractivity contribution in [3.05, 3.63) is 51.6 Å². The molecule has 0 spiro atoms. The maximum atomic E-state index is 13.9. The second-order valence-electron chi connectivity index (χ2n) is 4.53. The van der Waals surface area contributed by atoms with Crippen LogP contribution in [0, 0.1) is 33.4 Å². The number of nitro benzene ring substituents is 1. The van der Waals surface area contributed by atoms with E-state index in [1.807, 2.05) is 0 Å². The summed E-state index contributed by atoms with van der Waals surface area (Å²) in [5, 5.41) is 20.0. The van der Waals surface area contributed by atoms with Gasteiger partial charge in [-0.1, -0.05) is 0 Å². The number of hydrogen-bond acceptors (Lipinski definition) is 6. The Hall–Kier alpha value is -2.89. The van der Waals surface area contributed by atoms with Crippen LogP contribution >= 0.6 is 0 Å². The first kappa shape index (κ1) is 18.4. The molecule has 134 valence electrons. The molecule has 0 aliphatic heterocycles. The summed E-state index contributed by atoms with van der Waals surface area (Å²) in [6, 6.07) is 2.21. The molecule has 0 atom stereocenters. The van der Waals surface area contributed by atoms with Crippen molar-refractivity contribution in [1.82, 2.24) is 0 Å². The second-order valence-corrected chi connectivity index (χ2v) is 6.41. The van der Waals surface area contributed by atoms with Crippen LogP contribution in [-0.2, 0) is 9.84 Å². The first-order chi connectivity index (χ1) is 11.5. The van der Waals surface area contributed by atoms with Crippen LogP contribution < -0.4 is 4.74 Å². The van der Waals surface area contributed by atoms with Crippen molar-refractivity contribution in [1.29, 1.82) is 0 Å². The number of rotatable bonds is 4. The summed E-state index contributed by atoms with van der Waals surface area (Å²) in [7, 11) is -4.06. The number of phenolic OH excluding ortho intramolecular Hbond substituents is 1. The molecule has 0 saturated carbocycles. The van der Waals surface area contributed by atoms with Gasteiger partial charge in [-0.25, -0.2) is 17.2 Å². The van der Waals surface area contributed by atoms with Crippen LogP contribution in [0.1, 0.15) is 0 Å². The highest BCUT2D eigenvalue weighted by atomic mass is 32.2. The molecule has 2 aromatic rings. The Kier molecular flexibility index (Phi) is 4.57. The smallest absolute Gasteiger partial charge is 0.346 e. The van der Waals surface area contributed by atoms with E-state index in [1.165, 1.54) is 0 Å². The molecule has 0 radical (unpaired) electrons. The van der Waals surface area contributed by atoms with Gasteiger partial charge in [0.25, 0.3) is 0 Å². The zero-order valence-electron chi connectivity index (χ0n) is 12.1. The summed E-state index contributed by atoms with van der Waals surface area (Å²) in [4.78, 5) is 5.78. The Morgan fingerprint density at radius 2 is 1.60 bits per heavy atom. The molecule has 0 bridgehead atoms. The number of nitro groups is 1. The fraction of sp³-hybridized carbons (Fsp3) is 0.0769. The van der Waals surface area contributed by atoms with Crippen molar-refractivity contribution in [3.63, 3.8) is 0 Å². The minimum atomic E-state index is -5.20. The van der Waals surface area contributed by atoms with E-state index in [-0.39, 0.29) is 5.75 Å². The van der Waals surface area contributed by atoms with Crippen molar-refractivity contribution in [2.75, 3.05) is 7.11 Å². The molecule has 0 fully saturated rings. The van der Waals surface area contributed by atoms with Crippen LogP contribution in [-0.4, -0.2) is 25.6 Å². The molecule has 0 saturated heterocycles. The minimum absolute atomic E-state index is 0.180. The highest BCUT2D eigenvalue weighted by Crippen LogP contribution is 2.37. The van der Waals surface area contributed by atoms with Crippen molar-refractivity contribution in [3.8, 4) is 11.5 Å². The van der Waals surface area contributed by atoms with E-state index in [0.717, 1.165) is 19.2 Å². The molecule has 2 rings (SSSR count). The normalized spacial score (nSPS) is 11.4. The summed E-state index contributed by atoms with van der Waals surface area (Å²) in [6.45, 7) is 0. The third-order valence-electron chi connectivity index (χ3n) is 3.11. The van der Waals surface area contributed by atoms with E-state index in [0.29, 0.717) is 6.07 Å². The maximum absolute atomic E-state index is 13.9. The van der Waals surface area contributed by atoms with E-state index in [9.17, 15) is 41.2 Å². The van der Waals surface area contributed by atoms with Gasteiger partial charge < -0.3 is 9.84 Å². The van der Waals surface area contributed by atoms with Gasteiger partial charge in [0.15, 0.2) is 23.1 Å². The third-order valence-corrected chi connectivity index (χ3v) is 4.88. The minimum Gasteiger partial charge on any atom is -0.504 e. The Morgan fingerprint density at radius 3 is 2.00 bits per heavy atom. The number of benzene rings is 2. The number of ether oxygens (including phenoxy) is 1. The number of halogens is 4. The summed E-state index contributed by atoms with van der Waals surface area (Å²) in [5.74, 6) is -10.8. The van der Waals surface area contributed by atoms with Gasteiger partial charge in [0.05, 0.1) is 16.9 Å². The largest absolute Gasteiger partial charge is 0.504 e. The first-order valence-electron chi connectivity index (χ1n) is 6.16. The highest BCUT2D eigenvalue weighted by Gasteiger charge is 2.39. The molecule has 0 aromatic heterocycles. The van der Waals surface area contributed by atoms with Gasteiger partial charge in [-0.05, 0) is 12.1 Å². The number of methoxy groups -OCH3 is 1. The van der Waals surface area contributed by atoms with Gasteiger partial charge in [-0.2, -0.15) is 8.78 Å². The quantitative estimate of drug-likeness (QED) is 0.378. The molecule has 0 amide bonds. The van der Waals surface area contributed by atoms with Crippen LogP contribution in [0.25, 0.3) is 0 Å². The Bertz CT molecular complexity index is 963. The summed E-state index contributed by atoms with van der Waals surface area (Å²) in [6.07, 6.45) is 0. The van der Waals surface area contributed by atoms with Crippen LogP contribution in [0.15, 0.2) is 28.0 Å². The zero-order valence-corrected chi connectivity index (χ0v) is 12.9. The van der Waals surface area contributed by atoms with Crippen LogP contribution in [0.3, 0.4) is 0 Å². The van der Waals surface area contributed by atoms with Crippen molar-refractivity contribution in [2.24, 2.45) is 0 Å². The van der Waals surface area contributed by atoms with E-state index in [1.54, 1.807) is 0 Å². The van der Waals surface area contributed by atoms with E-state index in [2.05, 4.69) is 4.74 Å². The average Bonchev–Trinajstić information content (AvgIpc) is 2.52. The maximum Gasteiger partial charge on any atom is 0.346 e. The van der Waals surface area contributed by atoms with Crippen molar-refractivity contribution in [2.45, 2.75) is 9.79 Å². The molecule has 2 aromatic carbocycles. The molecule has 0 unspecified atom stereocenters. The lowest BCUT2D eigenvalue weighted by Crippen LogP contribution is -2.13. The van der Waals surface area contributed by atoms with Crippen molar-refractivity contribution >= 4 is 15.5 Å². The molecule has 7 nitrogen and oxygen atoms in total. The average molecular weight is 381 g/mol. The number of aromatic hydroxyl groups is 1. The van der Waals surface area contributed by atoms with Crippen LogP contribution in [0.2, 0.25) is 0 Å². The van der Waals surface area contributed by atoms with E-state index in [4.69, 9.17) is 0 Å². The van der Waals surface area contributed by atoms with Gasteiger partial charge in [-0.3, -0.25) is 10.1 Å². The Morgan fingerprint density at radius 1 is 1.08 bits per heavy atom. The topological polar surface area (TPSA) is 107 Å². The SMILES string of the molecule is COc1ccc(S(=O)(=O)c2c(F)c(F)c([N+](=O)[O-])c(F)c2F)cc1O. The van der Waals surface area contributed by atoms with Crippen LogP contribution in [0.5, 0.6) is 11.5 Å². The van der Waals surface area contributed by atoms with Crippen LogP contribution in [0.4, 0.5) is 23.2 Å². The predicted molar refractivity (Wildman–Crippen MR) is 73.0 cm³/mol. The summed E-state index contributed by atoms with van der Waals surface area (Å²) >= 11 is 0. The number of hydrogen-bond donors (Lipinski definition) is 1. The van der Waals surface area contributed by atoms with Crippen molar-refractivity contribution < 1.29 is 40.7 Å². The summed E-state index contributed by atoms with van der Waals surface area (Å²) in [5.41, 5.74) is -2.16. The molecular formula is C13H7F4NO6S. The molecular weight excluding hydrogens is 374 g/mol. The second kappa shape index (κ2) is 6.20. The Balaban J connectivity index is 2.81. The summed E-state index contributed by atoms with van der Waals surface area (Å²) < 4.78 is 84.4. The molecule has 1 N–H and O–H groups in total. The molecule has 0 aliphatic rings. The predicted octanol–water partition coefficient (Wildman–Crippen LogP) is 2.70. The Labute approximate surface area is 137 Å². The van der Waals surface area contributed by atoms with Gasteiger partial charge in [0, 0.05) is 6.07 Å². The van der Waals surface area contributed by atoms with Gasteiger partial charge in [0.2, 0.25) is 21.5 Å². The molecule has 25 heavy (non-hydrogen) atoms. The van der Waals surface area contributed by atoms with Gasteiger partial charge >= 0.3 is 5.69 Å². The van der Waals surface area contributed by atoms with E-state index < -0.39 is 59.3 Å². The fourth-order valence-electron chi connectivity index (χ4n) is 1.95. The number of phenols is 1. The van der Waals surface area contributed by atoms with Gasteiger partial charge in [0.1, 0.15) is 4.90 Å². The lowest BCUT2D eigenvalue weighted by atomic mass is 10.2. The van der Waals surface area contributed by atoms with Gasteiger partial charge in [-0.15, -0.1) is 0 Å². The molecule has 0 aliphatic carbocycles. The lowest BCUT2D eigenvalue weighted by molar-refractivity contribution is -0.390. The first-order valence-corrected chi connectivity index (χ1v) is 7.64. The standard InChI is InChI=1S/C13H7F4NO6S/c1-24-7-3-2-5(4-6(7)19)25(22,23)13-10(16)8(14)12(18(20)21)9(15)11(13)17/h2-4,19H,1H3. The fourth-order valence-corrected chi connectivity index (χ4v) is 3.35. The lowest BCUT2D eigenvalue weighted by Gasteiger charge is -2.10. The number of sulfone groups is 1. The zero-order chi connectivity index (χ0) is 19.1. The highest BCUT2D eigenvalue weighted by molar-refractivity contribution is 7.91. The van der Waals surface area contributed by atoms with E-state index >= 15 is 0 Å². The third kappa shape index (κ3) is 2.84.